The molecule has 0 saturated carbocycles. The van der Waals surface area contributed by atoms with Gasteiger partial charge in [-0.1, -0.05) is 11.2 Å². The van der Waals surface area contributed by atoms with Gasteiger partial charge in [0.25, 0.3) is 0 Å². The number of thiophene rings is 1. The van der Waals surface area contributed by atoms with Crippen LogP contribution in [0, 0.1) is 0 Å². The molecule has 2 N–H and O–H groups in total. The lowest BCUT2D eigenvalue weighted by molar-refractivity contribution is 0.0519. The Labute approximate surface area is 114 Å². The molecule has 0 unspecified atom stereocenters. The van der Waals surface area contributed by atoms with Crippen molar-refractivity contribution in [2.45, 2.75) is 0 Å². The summed E-state index contributed by atoms with van der Waals surface area (Å²) in [7, 11) is 0. The van der Waals surface area contributed by atoms with Gasteiger partial charge in [0, 0.05) is 24.6 Å². The van der Waals surface area contributed by atoms with E-state index < -0.39 is 5.97 Å². The van der Waals surface area contributed by atoms with Gasteiger partial charge in [0.2, 0.25) is 0 Å². The Morgan fingerprint density at radius 3 is 2.94 bits per heavy atom. The van der Waals surface area contributed by atoms with Crippen molar-refractivity contribution in [3.05, 3.63) is 22.4 Å². The molecular weight excluding hydrogens is 270 g/mol. The van der Waals surface area contributed by atoms with Crippen LogP contribution >= 0.6 is 23.1 Å². The largest absolute Gasteiger partial charge is 0.383 e. The maximum atomic E-state index is 11.5. The van der Waals surface area contributed by atoms with Crippen molar-refractivity contribution < 1.29 is 9.63 Å². The van der Waals surface area contributed by atoms with Crippen LogP contribution in [0.3, 0.4) is 0 Å². The van der Waals surface area contributed by atoms with Crippen LogP contribution in [0.2, 0.25) is 0 Å². The molecule has 1 aliphatic rings. The second-order valence-corrected chi connectivity index (χ2v) is 6.00. The third-order valence-corrected chi connectivity index (χ3v) is 4.25. The van der Waals surface area contributed by atoms with E-state index >= 15 is 0 Å². The van der Waals surface area contributed by atoms with Gasteiger partial charge in [0.15, 0.2) is 5.84 Å². The van der Waals surface area contributed by atoms with Crippen molar-refractivity contribution in [3.8, 4) is 0 Å². The Bertz CT molecular complexity index is 414. The lowest BCUT2D eigenvalue weighted by Gasteiger charge is -2.25. The lowest BCUT2D eigenvalue weighted by atomic mass is 10.4. The molecule has 5 nitrogen and oxygen atoms in total. The first-order valence-corrected chi connectivity index (χ1v) is 7.66. The van der Waals surface area contributed by atoms with E-state index in [0.717, 1.165) is 24.6 Å². The van der Waals surface area contributed by atoms with E-state index in [0.29, 0.717) is 17.3 Å². The van der Waals surface area contributed by atoms with Crippen LogP contribution < -0.4 is 5.73 Å². The minimum absolute atomic E-state index is 0.340. The number of oxime groups is 1. The van der Waals surface area contributed by atoms with Crippen molar-refractivity contribution in [1.82, 2.24) is 4.90 Å². The molecule has 1 aromatic heterocycles. The number of carbonyl (C=O) groups is 1. The molecule has 2 heterocycles. The summed E-state index contributed by atoms with van der Waals surface area (Å²) in [5, 5.41) is 5.49. The summed E-state index contributed by atoms with van der Waals surface area (Å²) in [5.41, 5.74) is 5.73. The van der Waals surface area contributed by atoms with E-state index in [9.17, 15) is 4.79 Å². The summed E-state index contributed by atoms with van der Waals surface area (Å²) >= 11 is 3.26. The van der Waals surface area contributed by atoms with Crippen LogP contribution in [-0.4, -0.2) is 47.8 Å². The smallest absolute Gasteiger partial charge is 0.375 e. The highest BCUT2D eigenvalue weighted by molar-refractivity contribution is 7.99. The fraction of sp³-hybridized carbons (Fsp3) is 0.455. The zero-order chi connectivity index (χ0) is 12.8. The minimum atomic E-state index is -0.456. The first-order chi connectivity index (χ1) is 8.75. The van der Waals surface area contributed by atoms with Gasteiger partial charge < -0.3 is 10.6 Å². The van der Waals surface area contributed by atoms with Crippen molar-refractivity contribution in [1.29, 1.82) is 0 Å². The molecule has 0 atom stereocenters. The topological polar surface area (TPSA) is 67.9 Å². The van der Waals surface area contributed by atoms with Gasteiger partial charge in [-0.25, -0.2) is 4.79 Å². The van der Waals surface area contributed by atoms with E-state index in [1.165, 1.54) is 11.3 Å². The fourth-order valence-corrected chi connectivity index (χ4v) is 3.13. The molecule has 0 amide bonds. The number of carbonyl (C=O) groups excluding carboxylic acids is 1. The maximum Gasteiger partial charge on any atom is 0.375 e. The van der Waals surface area contributed by atoms with Gasteiger partial charge in [-0.3, -0.25) is 4.90 Å². The Balaban J connectivity index is 1.79. The molecule has 18 heavy (non-hydrogen) atoms. The second-order valence-electron chi connectivity index (χ2n) is 3.83. The van der Waals surface area contributed by atoms with Crippen LogP contribution in [-0.2, 0) is 4.84 Å². The van der Waals surface area contributed by atoms with Crippen molar-refractivity contribution in [3.63, 3.8) is 0 Å². The van der Waals surface area contributed by atoms with E-state index in [4.69, 9.17) is 10.6 Å². The van der Waals surface area contributed by atoms with Gasteiger partial charge >= 0.3 is 5.97 Å². The molecule has 2 rings (SSSR count). The predicted molar refractivity (Wildman–Crippen MR) is 75.1 cm³/mol. The Morgan fingerprint density at radius 1 is 1.50 bits per heavy atom. The summed E-state index contributed by atoms with van der Waals surface area (Å²) in [6, 6.07) is 3.49. The number of hydrogen-bond acceptors (Lipinski definition) is 6. The summed E-state index contributed by atoms with van der Waals surface area (Å²) in [6.07, 6.45) is 0. The van der Waals surface area contributed by atoms with Gasteiger partial charge in [-0.15, -0.1) is 11.3 Å². The van der Waals surface area contributed by atoms with Crippen molar-refractivity contribution in [2.24, 2.45) is 10.9 Å². The Hall–Kier alpha value is -1.05. The quantitative estimate of drug-likeness (QED) is 0.390. The zero-order valence-corrected chi connectivity index (χ0v) is 11.5. The lowest BCUT2D eigenvalue weighted by Crippen LogP contribution is -2.39. The number of amidine groups is 1. The highest BCUT2D eigenvalue weighted by Crippen LogP contribution is 2.10. The van der Waals surface area contributed by atoms with Crippen LogP contribution in [0.4, 0.5) is 0 Å². The average Bonchev–Trinajstić information content (AvgIpc) is 2.91. The highest BCUT2D eigenvalue weighted by atomic mass is 32.2. The summed E-state index contributed by atoms with van der Waals surface area (Å²) in [4.78, 5) is 19.0. The zero-order valence-electron chi connectivity index (χ0n) is 9.87. The van der Waals surface area contributed by atoms with E-state index in [-0.39, 0.29) is 0 Å². The summed E-state index contributed by atoms with van der Waals surface area (Å²) < 4.78 is 0. The molecule has 1 fully saturated rings. The highest BCUT2D eigenvalue weighted by Gasteiger charge is 2.12. The van der Waals surface area contributed by atoms with Crippen LogP contribution in [0.15, 0.2) is 22.7 Å². The molecule has 0 aliphatic carbocycles. The van der Waals surface area contributed by atoms with Crippen LogP contribution in [0.25, 0.3) is 0 Å². The van der Waals surface area contributed by atoms with Crippen molar-refractivity contribution >= 4 is 34.9 Å². The van der Waals surface area contributed by atoms with E-state index in [1.54, 1.807) is 12.1 Å². The molecule has 1 aliphatic heterocycles. The SMILES string of the molecule is N/C(CN1CCSCC1)=N/OC(=O)c1cccs1. The molecule has 1 aromatic rings. The molecular formula is C11H15N3O2S2. The fourth-order valence-electron chi connectivity index (χ4n) is 1.56. The van der Waals surface area contributed by atoms with Gasteiger partial charge in [0.1, 0.15) is 4.88 Å². The molecule has 7 heteroatoms. The predicted octanol–water partition coefficient (Wildman–Crippen LogP) is 1.23. The minimum Gasteiger partial charge on any atom is -0.383 e. The monoisotopic (exact) mass is 285 g/mol. The molecule has 1 saturated heterocycles. The molecule has 0 spiro atoms. The Kier molecular flexibility index (Phi) is 5.03. The molecule has 98 valence electrons. The molecule has 0 bridgehead atoms. The van der Waals surface area contributed by atoms with Crippen LogP contribution in [0.1, 0.15) is 9.67 Å². The normalized spacial score (nSPS) is 17.7. The van der Waals surface area contributed by atoms with Gasteiger partial charge in [-0.05, 0) is 11.4 Å². The first-order valence-electron chi connectivity index (χ1n) is 5.63. The summed E-state index contributed by atoms with van der Waals surface area (Å²) in [5.74, 6) is 2.11. The van der Waals surface area contributed by atoms with Gasteiger partial charge in [-0.2, -0.15) is 11.8 Å². The summed E-state index contributed by atoms with van der Waals surface area (Å²) in [6.45, 7) is 2.55. The Morgan fingerprint density at radius 2 is 2.28 bits per heavy atom. The first kappa shape index (κ1) is 13.4. The van der Waals surface area contributed by atoms with Gasteiger partial charge in [0.05, 0.1) is 6.54 Å². The number of nitrogens with two attached hydrogens (primary N) is 1. The van der Waals surface area contributed by atoms with E-state index in [1.807, 2.05) is 17.1 Å². The number of thioether (sulfide) groups is 1. The molecule has 0 aromatic carbocycles. The average molecular weight is 285 g/mol. The number of hydrogen-bond donors (Lipinski definition) is 1. The van der Waals surface area contributed by atoms with Crippen molar-refractivity contribution in [2.75, 3.05) is 31.1 Å². The second kappa shape index (κ2) is 6.77. The number of nitrogens with zero attached hydrogens (tertiary/aromatic N) is 2. The third kappa shape index (κ3) is 4.01. The number of rotatable bonds is 4. The maximum absolute atomic E-state index is 11.5. The van der Waals surface area contributed by atoms with Crippen LogP contribution in [0.5, 0.6) is 0 Å². The third-order valence-electron chi connectivity index (χ3n) is 2.46. The van der Waals surface area contributed by atoms with E-state index in [2.05, 4.69) is 10.1 Å². The molecule has 0 radical (unpaired) electrons. The standard InChI is InChI=1S/C11H15N3O2S2/c12-10(8-14-3-6-17-7-4-14)13-16-11(15)9-2-1-5-18-9/h1-2,5H,3-4,6-8H2,(H2,12,13).